The first-order chi connectivity index (χ1) is 9.56. The molecule has 0 atom stereocenters. The van der Waals surface area contributed by atoms with Gasteiger partial charge in [0.25, 0.3) is 5.56 Å². The Labute approximate surface area is 135 Å². The monoisotopic (exact) mass is 369 g/mol. The van der Waals surface area contributed by atoms with E-state index in [9.17, 15) is 4.79 Å². The van der Waals surface area contributed by atoms with Crippen LogP contribution >= 0.6 is 28.3 Å². The van der Waals surface area contributed by atoms with Crippen LogP contribution in [0.15, 0.2) is 33.8 Å². The third-order valence-electron chi connectivity index (χ3n) is 3.14. The van der Waals surface area contributed by atoms with Crippen LogP contribution in [0.5, 0.6) is 0 Å². The number of aromatic nitrogens is 4. The number of nitrogens with one attached hydrogen (secondary N) is 1. The number of hydrogen-bond acceptors (Lipinski definition) is 4. The molecule has 3 aromatic rings. The summed E-state index contributed by atoms with van der Waals surface area (Å²) in [5, 5.41) is 0. The van der Waals surface area contributed by atoms with Crippen LogP contribution in [-0.2, 0) is 6.54 Å². The Morgan fingerprint density at radius 2 is 2.19 bits per heavy atom. The minimum absolute atomic E-state index is 0. The lowest BCUT2D eigenvalue weighted by molar-refractivity contribution is 0.761. The third-order valence-corrected chi connectivity index (χ3v) is 4.03. The van der Waals surface area contributed by atoms with E-state index in [1.165, 1.54) is 10.9 Å². The lowest BCUT2D eigenvalue weighted by Crippen LogP contribution is -2.25. The predicted octanol–water partition coefficient (Wildman–Crippen LogP) is 2.24. The zero-order valence-electron chi connectivity index (χ0n) is 11.1. The van der Waals surface area contributed by atoms with Gasteiger partial charge in [-0.15, -0.1) is 12.4 Å². The number of nitrogens with two attached hydrogens (primary N) is 1. The Kier molecular flexibility index (Phi) is 4.34. The summed E-state index contributed by atoms with van der Waals surface area (Å²) in [7, 11) is 0. The average molecular weight is 371 g/mol. The van der Waals surface area contributed by atoms with Crippen LogP contribution in [0.1, 0.15) is 11.1 Å². The second-order valence-corrected chi connectivity index (χ2v) is 5.40. The molecule has 0 fully saturated rings. The SMILES string of the molecule is Cc1cc(Cn2c(N)nc3nc[nH]c3c2=O)ccc1Br.Cl. The van der Waals surface area contributed by atoms with Gasteiger partial charge in [0.2, 0.25) is 5.95 Å². The number of nitrogens with zero attached hydrogens (tertiary/aromatic N) is 3. The fourth-order valence-electron chi connectivity index (χ4n) is 2.08. The fourth-order valence-corrected chi connectivity index (χ4v) is 2.32. The molecule has 0 unspecified atom stereocenters. The molecule has 21 heavy (non-hydrogen) atoms. The summed E-state index contributed by atoms with van der Waals surface area (Å²) in [6, 6.07) is 5.90. The van der Waals surface area contributed by atoms with Gasteiger partial charge < -0.3 is 10.7 Å². The van der Waals surface area contributed by atoms with E-state index in [1.807, 2.05) is 25.1 Å². The van der Waals surface area contributed by atoms with Gasteiger partial charge in [-0.2, -0.15) is 4.98 Å². The van der Waals surface area contributed by atoms with Crippen LogP contribution in [0.2, 0.25) is 0 Å². The van der Waals surface area contributed by atoms with Crippen LogP contribution in [-0.4, -0.2) is 19.5 Å². The first kappa shape index (κ1) is 15.5. The maximum atomic E-state index is 12.3. The summed E-state index contributed by atoms with van der Waals surface area (Å²) in [5.74, 6) is 0.162. The molecule has 0 aliphatic carbocycles. The number of fused-ring (bicyclic) bond motifs is 1. The molecule has 0 aliphatic heterocycles. The Morgan fingerprint density at radius 1 is 1.43 bits per heavy atom. The second kappa shape index (κ2) is 5.87. The molecule has 6 nitrogen and oxygen atoms in total. The molecule has 3 N–H and O–H groups in total. The van der Waals surface area contributed by atoms with Crippen molar-refractivity contribution in [2.45, 2.75) is 13.5 Å². The Hall–Kier alpha value is -1.86. The van der Waals surface area contributed by atoms with E-state index in [4.69, 9.17) is 5.73 Å². The molecule has 0 radical (unpaired) electrons. The molecule has 110 valence electrons. The lowest BCUT2D eigenvalue weighted by Gasteiger charge is -2.09. The number of nitrogen functional groups attached to an aromatic ring is 1. The molecule has 1 aromatic carbocycles. The number of halogens is 2. The van der Waals surface area contributed by atoms with Crippen LogP contribution in [0.4, 0.5) is 5.95 Å². The van der Waals surface area contributed by atoms with E-state index < -0.39 is 0 Å². The van der Waals surface area contributed by atoms with E-state index >= 15 is 0 Å². The van der Waals surface area contributed by atoms with Crippen molar-refractivity contribution in [3.8, 4) is 0 Å². The normalized spacial score (nSPS) is 10.6. The number of aryl methyl sites for hydroxylation is 1. The maximum Gasteiger partial charge on any atom is 0.281 e. The van der Waals surface area contributed by atoms with Crippen LogP contribution in [0, 0.1) is 6.92 Å². The van der Waals surface area contributed by atoms with Gasteiger partial charge in [-0.05, 0) is 24.1 Å². The van der Waals surface area contributed by atoms with E-state index in [1.54, 1.807) is 0 Å². The Morgan fingerprint density at radius 3 is 2.90 bits per heavy atom. The minimum atomic E-state index is -0.217. The maximum absolute atomic E-state index is 12.3. The smallest absolute Gasteiger partial charge is 0.281 e. The van der Waals surface area contributed by atoms with E-state index in [0.717, 1.165) is 15.6 Å². The molecule has 0 bridgehead atoms. The highest BCUT2D eigenvalue weighted by molar-refractivity contribution is 9.10. The van der Waals surface area contributed by atoms with Gasteiger partial charge in [-0.1, -0.05) is 28.1 Å². The number of anilines is 1. The second-order valence-electron chi connectivity index (χ2n) is 4.55. The van der Waals surface area contributed by atoms with Gasteiger partial charge in [0, 0.05) is 4.47 Å². The average Bonchev–Trinajstić information content (AvgIpc) is 2.87. The zero-order valence-corrected chi connectivity index (χ0v) is 13.5. The van der Waals surface area contributed by atoms with Crippen molar-refractivity contribution < 1.29 is 0 Å². The molecule has 0 amide bonds. The van der Waals surface area contributed by atoms with Gasteiger partial charge in [0.15, 0.2) is 11.2 Å². The van der Waals surface area contributed by atoms with Crippen LogP contribution in [0.3, 0.4) is 0 Å². The number of H-pyrrole nitrogens is 1. The van der Waals surface area contributed by atoms with Gasteiger partial charge in [-0.3, -0.25) is 9.36 Å². The summed E-state index contributed by atoms with van der Waals surface area (Å²) in [4.78, 5) is 23.2. The number of imidazole rings is 1. The van der Waals surface area contributed by atoms with Crippen molar-refractivity contribution in [2.75, 3.05) is 5.73 Å². The lowest BCUT2D eigenvalue weighted by atomic mass is 10.1. The van der Waals surface area contributed by atoms with Crippen molar-refractivity contribution in [1.29, 1.82) is 0 Å². The highest BCUT2D eigenvalue weighted by Crippen LogP contribution is 2.18. The molecular weight excluding hydrogens is 358 g/mol. The topological polar surface area (TPSA) is 89.6 Å². The van der Waals surface area contributed by atoms with Gasteiger partial charge in [-0.25, -0.2) is 4.98 Å². The van der Waals surface area contributed by atoms with Crippen molar-refractivity contribution >= 4 is 45.4 Å². The van der Waals surface area contributed by atoms with Crippen molar-refractivity contribution in [3.05, 3.63) is 50.5 Å². The van der Waals surface area contributed by atoms with Crippen LogP contribution < -0.4 is 11.3 Å². The Bertz CT molecular complexity index is 857. The molecule has 0 saturated carbocycles. The number of benzene rings is 1. The summed E-state index contributed by atoms with van der Waals surface area (Å²) in [6.45, 7) is 2.37. The molecule has 0 saturated heterocycles. The number of aromatic amines is 1. The minimum Gasteiger partial charge on any atom is -0.369 e. The first-order valence-electron chi connectivity index (χ1n) is 6.00. The summed E-state index contributed by atoms with van der Waals surface area (Å²) in [6.07, 6.45) is 1.44. The summed E-state index contributed by atoms with van der Waals surface area (Å²) >= 11 is 3.45. The Balaban J connectivity index is 0.00000161. The molecular formula is C13H13BrClN5O. The van der Waals surface area contributed by atoms with Crippen molar-refractivity contribution in [1.82, 2.24) is 19.5 Å². The largest absolute Gasteiger partial charge is 0.369 e. The summed E-state index contributed by atoms with van der Waals surface area (Å²) < 4.78 is 2.46. The predicted molar refractivity (Wildman–Crippen MR) is 87.8 cm³/mol. The van der Waals surface area contributed by atoms with Gasteiger partial charge >= 0.3 is 0 Å². The van der Waals surface area contributed by atoms with Crippen LogP contribution in [0.25, 0.3) is 11.2 Å². The molecule has 0 spiro atoms. The van der Waals surface area contributed by atoms with E-state index in [0.29, 0.717) is 17.7 Å². The molecule has 2 aromatic heterocycles. The fraction of sp³-hybridized carbons (Fsp3) is 0.154. The van der Waals surface area contributed by atoms with Gasteiger partial charge in [0.1, 0.15) is 0 Å². The third kappa shape index (κ3) is 2.79. The number of rotatable bonds is 2. The number of hydrogen-bond donors (Lipinski definition) is 2. The van der Waals surface area contributed by atoms with Gasteiger partial charge in [0.05, 0.1) is 12.9 Å². The van der Waals surface area contributed by atoms with Crippen molar-refractivity contribution in [2.24, 2.45) is 0 Å². The summed E-state index contributed by atoms with van der Waals surface area (Å²) in [5.41, 5.74) is 8.43. The van der Waals surface area contributed by atoms with E-state index in [-0.39, 0.29) is 23.9 Å². The first-order valence-corrected chi connectivity index (χ1v) is 6.80. The quantitative estimate of drug-likeness (QED) is 0.724. The highest BCUT2D eigenvalue weighted by atomic mass is 79.9. The van der Waals surface area contributed by atoms with Crippen molar-refractivity contribution in [3.63, 3.8) is 0 Å². The standard InChI is InChI=1S/C13H12BrN5O.ClH/c1-7-4-8(2-3-9(7)14)5-19-12(20)10-11(17-6-16-10)18-13(19)15;/h2-4,6H,5H2,1H3,(H2,15,18)(H,16,17);1H. The molecule has 2 heterocycles. The molecule has 8 heteroatoms. The molecule has 0 aliphatic rings. The van der Waals surface area contributed by atoms with E-state index in [2.05, 4.69) is 30.9 Å². The molecule has 3 rings (SSSR count). The zero-order chi connectivity index (χ0) is 14.3. The highest BCUT2D eigenvalue weighted by Gasteiger charge is 2.11.